The molecule has 0 aromatic rings. The summed E-state index contributed by atoms with van der Waals surface area (Å²) in [4.78, 5) is 11.9. The highest BCUT2D eigenvalue weighted by molar-refractivity contribution is 8.00. The van der Waals surface area contributed by atoms with E-state index in [0.717, 1.165) is 37.9 Å². The monoisotopic (exact) mass is 310 g/mol. The van der Waals surface area contributed by atoms with Crippen LogP contribution in [0.25, 0.3) is 0 Å². The minimum absolute atomic E-state index is 0.00627. The molecule has 0 aliphatic rings. The zero-order valence-corrected chi connectivity index (χ0v) is 13.7. The van der Waals surface area contributed by atoms with Crippen LogP contribution in [0.4, 0.5) is 8.78 Å². The maximum atomic E-state index is 11.9. The molecule has 0 rings (SSSR count). The van der Waals surface area contributed by atoms with Crippen LogP contribution in [0.5, 0.6) is 0 Å². The van der Waals surface area contributed by atoms with Gasteiger partial charge in [0.1, 0.15) is 5.25 Å². The van der Waals surface area contributed by atoms with E-state index in [1.165, 1.54) is 0 Å². The topological polar surface area (TPSA) is 26.3 Å². The summed E-state index contributed by atoms with van der Waals surface area (Å²) in [6, 6.07) is 0. The van der Waals surface area contributed by atoms with Gasteiger partial charge in [-0.25, -0.2) is 8.78 Å². The molecule has 0 aromatic heterocycles. The largest absolute Gasteiger partial charge is 0.462 e. The fourth-order valence-corrected chi connectivity index (χ4v) is 3.07. The molecule has 1 atom stereocenters. The second-order valence-corrected chi connectivity index (χ2v) is 6.54. The van der Waals surface area contributed by atoms with E-state index in [1.807, 2.05) is 13.8 Å². The van der Waals surface area contributed by atoms with Gasteiger partial charge >= 0.3 is 5.97 Å². The van der Waals surface area contributed by atoms with Crippen LogP contribution in [-0.4, -0.2) is 29.5 Å². The average molecular weight is 310 g/mol. The lowest BCUT2D eigenvalue weighted by atomic mass is 10.2. The van der Waals surface area contributed by atoms with Crippen molar-refractivity contribution in [2.24, 2.45) is 0 Å². The Morgan fingerprint density at radius 2 is 1.75 bits per heavy atom. The van der Waals surface area contributed by atoms with Gasteiger partial charge in [-0.15, -0.1) is 11.8 Å². The third kappa shape index (κ3) is 11.5. The molecular formula is C15H28F2O2S. The first-order chi connectivity index (χ1) is 9.47. The van der Waals surface area contributed by atoms with Crippen LogP contribution < -0.4 is 0 Å². The highest BCUT2D eigenvalue weighted by atomic mass is 32.2. The van der Waals surface area contributed by atoms with Gasteiger partial charge in [-0.2, -0.15) is 0 Å². The van der Waals surface area contributed by atoms with E-state index >= 15 is 0 Å². The van der Waals surface area contributed by atoms with Crippen molar-refractivity contribution in [2.75, 3.05) is 5.75 Å². The highest BCUT2D eigenvalue weighted by Crippen LogP contribution is 2.21. The van der Waals surface area contributed by atoms with E-state index in [-0.39, 0.29) is 23.7 Å². The van der Waals surface area contributed by atoms with E-state index in [0.29, 0.717) is 6.42 Å². The van der Waals surface area contributed by atoms with Crippen molar-refractivity contribution in [1.29, 1.82) is 0 Å². The van der Waals surface area contributed by atoms with Crippen LogP contribution in [0.1, 0.15) is 65.7 Å². The molecule has 120 valence electrons. The maximum absolute atomic E-state index is 11.9. The molecule has 2 nitrogen and oxygen atoms in total. The SMILES string of the molecule is CCCC(SCCCCCCC(F)F)C(=O)OC(C)C. The smallest absolute Gasteiger partial charge is 0.319 e. The Kier molecular flexibility index (Phi) is 12.2. The molecule has 0 amide bonds. The Morgan fingerprint density at radius 1 is 1.10 bits per heavy atom. The van der Waals surface area contributed by atoms with Crippen LogP contribution in [0.15, 0.2) is 0 Å². The maximum Gasteiger partial charge on any atom is 0.319 e. The lowest BCUT2D eigenvalue weighted by Gasteiger charge is -2.16. The van der Waals surface area contributed by atoms with Crippen LogP contribution in [-0.2, 0) is 9.53 Å². The Bertz CT molecular complexity index is 248. The fourth-order valence-electron chi connectivity index (χ4n) is 1.82. The highest BCUT2D eigenvalue weighted by Gasteiger charge is 2.20. The summed E-state index contributed by atoms with van der Waals surface area (Å²) >= 11 is 1.64. The molecule has 0 aromatic carbocycles. The molecular weight excluding hydrogens is 282 g/mol. The second-order valence-electron chi connectivity index (χ2n) is 5.23. The molecule has 0 bridgehead atoms. The zero-order valence-electron chi connectivity index (χ0n) is 12.9. The Hall–Kier alpha value is -0.320. The molecule has 0 aliphatic carbocycles. The summed E-state index contributed by atoms with van der Waals surface area (Å²) in [5.41, 5.74) is 0. The molecule has 0 heterocycles. The number of hydrogen-bond donors (Lipinski definition) is 0. The number of carbonyl (C=O) groups is 1. The summed E-state index contributed by atoms with van der Waals surface area (Å²) in [6.07, 6.45) is 2.92. The predicted octanol–water partition coefficient (Wildman–Crippen LogP) is 5.06. The average Bonchev–Trinajstić information content (AvgIpc) is 2.35. The number of rotatable bonds is 12. The van der Waals surface area contributed by atoms with Crippen molar-refractivity contribution in [1.82, 2.24) is 0 Å². The van der Waals surface area contributed by atoms with Crippen LogP contribution in [0.2, 0.25) is 0 Å². The molecule has 0 saturated carbocycles. The van der Waals surface area contributed by atoms with Gasteiger partial charge in [0.2, 0.25) is 6.43 Å². The van der Waals surface area contributed by atoms with Gasteiger partial charge in [0.25, 0.3) is 0 Å². The fraction of sp³-hybridized carbons (Fsp3) is 0.933. The van der Waals surface area contributed by atoms with E-state index in [9.17, 15) is 13.6 Å². The minimum atomic E-state index is -2.18. The van der Waals surface area contributed by atoms with Crippen molar-refractivity contribution in [3.8, 4) is 0 Å². The summed E-state index contributed by atoms with van der Waals surface area (Å²) < 4.78 is 29.1. The van der Waals surface area contributed by atoms with Crippen LogP contribution in [0, 0.1) is 0 Å². The summed E-state index contributed by atoms with van der Waals surface area (Å²) in [7, 11) is 0. The van der Waals surface area contributed by atoms with E-state index in [4.69, 9.17) is 4.74 Å². The van der Waals surface area contributed by atoms with Gasteiger partial charge in [-0.3, -0.25) is 4.79 Å². The number of halogens is 2. The third-order valence-corrected chi connectivity index (χ3v) is 4.16. The molecule has 0 spiro atoms. The van der Waals surface area contributed by atoms with E-state index < -0.39 is 6.43 Å². The lowest BCUT2D eigenvalue weighted by Crippen LogP contribution is -2.23. The van der Waals surface area contributed by atoms with Crippen LogP contribution >= 0.6 is 11.8 Å². The predicted molar refractivity (Wildman–Crippen MR) is 81.5 cm³/mol. The lowest BCUT2D eigenvalue weighted by molar-refractivity contribution is -0.146. The Morgan fingerprint density at radius 3 is 2.30 bits per heavy atom. The second kappa shape index (κ2) is 12.4. The Labute approximate surface area is 126 Å². The van der Waals surface area contributed by atoms with Crippen molar-refractivity contribution in [3.63, 3.8) is 0 Å². The van der Waals surface area contributed by atoms with Gasteiger partial charge in [0.05, 0.1) is 6.10 Å². The first-order valence-electron chi connectivity index (χ1n) is 7.57. The molecule has 0 saturated heterocycles. The molecule has 5 heteroatoms. The summed E-state index contributed by atoms with van der Waals surface area (Å²) in [5, 5.41) is -0.0801. The molecule has 0 radical (unpaired) electrons. The van der Waals surface area contributed by atoms with E-state index in [1.54, 1.807) is 11.8 Å². The number of ether oxygens (including phenoxy) is 1. The number of unbranched alkanes of at least 4 members (excludes halogenated alkanes) is 3. The first kappa shape index (κ1) is 19.7. The quantitative estimate of drug-likeness (QED) is 0.372. The zero-order chi connectivity index (χ0) is 15.4. The summed E-state index contributed by atoms with van der Waals surface area (Å²) in [5.74, 6) is 0.775. The number of thioether (sulfide) groups is 1. The van der Waals surface area contributed by atoms with Gasteiger partial charge in [-0.1, -0.05) is 26.2 Å². The van der Waals surface area contributed by atoms with Gasteiger partial charge in [0.15, 0.2) is 0 Å². The third-order valence-electron chi connectivity index (χ3n) is 2.80. The molecule has 1 unspecified atom stereocenters. The molecule has 20 heavy (non-hydrogen) atoms. The first-order valence-corrected chi connectivity index (χ1v) is 8.62. The number of hydrogen-bond acceptors (Lipinski definition) is 3. The standard InChI is InChI=1S/C15H28F2O2S/c1-4-9-13(15(18)19-12(2)3)20-11-8-6-5-7-10-14(16)17/h12-14H,4-11H2,1-3H3. The van der Waals surface area contributed by atoms with Crippen molar-refractivity contribution < 1.29 is 18.3 Å². The number of esters is 1. The van der Waals surface area contributed by atoms with Crippen molar-refractivity contribution in [3.05, 3.63) is 0 Å². The van der Waals surface area contributed by atoms with Gasteiger partial charge in [0, 0.05) is 6.42 Å². The molecule has 0 fully saturated rings. The number of alkyl halides is 2. The molecule has 0 N–H and O–H groups in total. The van der Waals surface area contributed by atoms with Gasteiger partial charge < -0.3 is 4.74 Å². The number of carbonyl (C=O) groups excluding carboxylic acids is 1. The normalized spacial score (nSPS) is 12.9. The van der Waals surface area contributed by atoms with Gasteiger partial charge in [-0.05, 0) is 38.9 Å². The van der Waals surface area contributed by atoms with Crippen molar-refractivity contribution >= 4 is 17.7 Å². The van der Waals surface area contributed by atoms with Crippen LogP contribution in [0.3, 0.4) is 0 Å². The minimum Gasteiger partial charge on any atom is -0.462 e. The molecule has 0 aliphatic heterocycles. The summed E-state index contributed by atoms with van der Waals surface area (Å²) in [6.45, 7) is 5.77. The van der Waals surface area contributed by atoms with Crippen molar-refractivity contribution in [2.45, 2.75) is 83.5 Å². The Balaban J connectivity index is 3.72. The van der Waals surface area contributed by atoms with E-state index in [2.05, 4.69) is 6.92 Å².